The number of amides is 1. The molecule has 8 nitrogen and oxygen atoms in total. The summed E-state index contributed by atoms with van der Waals surface area (Å²) in [5.41, 5.74) is 5.59. The zero-order valence-electron chi connectivity index (χ0n) is 14.4. The van der Waals surface area contributed by atoms with E-state index >= 15 is 0 Å². The van der Waals surface area contributed by atoms with Crippen LogP contribution in [-0.2, 0) is 14.8 Å². The Morgan fingerprint density at radius 3 is 2.63 bits per heavy atom. The fraction of sp³-hybridized carbons (Fsp3) is 0.235. The van der Waals surface area contributed by atoms with Gasteiger partial charge in [-0.3, -0.25) is 14.9 Å². The molecule has 10 heteroatoms. The molecule has 1 aliphatic rings. The number of anilines is 2. The van der Waals surface area contributed by atoms with Gasteiger partial charge < -0.3 is 10.1 Å². The molecule has 0 spiro atoms. The summed E-state index contributed by atoms with van der Waals surface area (Å²) >= 11 is 0. The van der Waals surface area contributed by atoms with E-state index in [1.807, 2.05) is 0 Å². The molecule has 2 unspecified atom stereocenters. The number of methoxy groups -OCH3 is 1. The minimum absolute atomic E-state index is 0.0557. The highest BCUT2D eigenvalue weighted by Crippen LogP contribution is 2.23. The molecular formula is C17H19FN4O4S. The van der Waals surface area contributed by atoms with Crippen LogP contribution in [-0.4, -0.2) is 33.4 Å². The summed E-state index contributed by atoms with van der Waals surface area (Å²) in [4.78, 5) is 12.5. The molecule has 27 heavy (non-hydrogen) atoms. The van der Waals surface area contributed by atoms with Crippen molar-refractivity contribution in [1.82, 2.24) is 10.9 Å². The van der Waals surface area contributed by atoms with Crippen molar-refractivity contribution < 1.29 is 22.3 Å². The first-order valence-electron chi connectivity index (χ1n) is 8.10. The van der Waals surface area contributed by atoms with E-state index in [0.29, 0.717) is 11.4 Å². The molecule has 2 aromatic rings. The molecule has 4 N–H and O–H groups in total. The van der Waals surface area contributed by atoms with Crippen LogP contribution in [0.4, 0.5) is 15.8 Å². The summed E-state index contributed by atoms with van der Waals surface area (Å²) < 4.78 is 46.7. The first kappa shape index (κ1) is 19.1. The maximum atomic E-state index is 14.0. The molecule has 1 heterocycles. The number of halogens is 1. The van der Waals surface area contributed by atoms with Crippen molar-refractivity contribution in [3.63, 3.8) is 0 Å². The van der Waals surface area contributed by atoms with Crippen LogP contribution >= 0.6 is 0 Å². The predicted molar refractivity (Wildman–Crippen MR) is 99.0 cm³/mol. The zero-order chi connectivity index (χ0) is 19.4. The van der Waals surface area contributed by atoms with Gasteiger partial charge in [0.2, 0.25) is 5.91 Å². The van der Waals surface area contributed by atoms with E-state index in [1.165, 1.54) is 19.2 Å². The fourth-order valence-corrected chi connectivity index (χ4v) is 4.17. The van der Waals surface area contributed by atoms with Crippen molar-refractivity contribution in [3.05, 3.63) is 54.3 Å². The largest absolute Gasteiger partial charge is 0.497 e. The molecule has 1 aliphatic heterocycles. The first-order valence-corrected chi connectivity index (χ1v) is 9.65. The van der Waals surface area contributed by atoms with Crippen molar-refractivity contribution in [2.75, 3.05) is 23.7 Å². The monoisotopic (exact) mass is 394 g/mol. The lowest BCUT2D eigenvalue weighted by molar-refractivity contribution is -0.119. The van der Waals surface area contributed by atoms with Crippen LogP contribution in [0.15, 0.2) is 48.5 Å². The number of benzene rings is 2. The molecule has 144 valence electrons. The van der Waals surface area contributed by atoms with Crippen molar-refractivity contribution in [1.29, 1.82) is 0 Å². The standard InChI is InChI=1S/C17H19FN4O4S/c1-26-12-7-8-15(14(18)9-12)20-16(23)13-10-19-21-17(13)27(24,25)22-11-5-3-2-4-6-11/h2-9,13,17,19,21-22H,10H2,1H3,(H,20,23). The third kappa shape index (κ3) is 4.35. The van der Waals surface area contributed by atoms with Gasteiger partial charge in [0.25, 0.3) is 10.0 Å². The lowest BCUT2D eigenvalue weighted by atomic mass is 10.1. The number of hydrogen-bond donors (Lipinski definition) is 4. The number of ether oxygens (including phenoxy) is 1. The van der Waals surface area contributed by atoms with Gasteiger partial charge in [-0.1, -0.05) is 18.2 Å². The second-order valence-corrected chi connectivity index (χ2v) is 7.70. The summed E-state index contributed by atoms with van der Waals surface area (Å²) in [6.07, 6.45) is 0. The van der Waals surface area contributed by atoms with Crippen LogP contribution in [0.2, 0.25) is 0 Å². The summed E-state index contributed by atoms with van der Waals surface area (Å²) in [7, 11) is -2.52. The van der Waals surface area contributed by atoms with Crippen LogP contribution < -0.4 is 25.6 Å². The number of nitrogens with one attached hydrogen (secondary N) is 4. The average molecular weight is 394 g/mol. The molecule has 1 saturated heterocycles. The maximum absolute atomic E-state index is 14.0. The third-order valence-corrected chi connectivity index (χ3v) is 5.71. The molecule has 3 rings (SSSR count). The van der Waals surface area contributed by atoms with Crippen molar-refractivity contribution in [2.24, 2.45) is 5.92 Å². The first-order chi connectivity index (χ1) is 12.9. The highest BCUT2D eigenvalue weighted by atomic mass is 32.2. The maximum Gasteiger partial charge on any atom is 0.250 e. The molecule has 0 bridgehead atoms. The predicted octanol–water partition coefficient (Wildman–Crippen LogP) is 1.26. The smallest absolute Gasteiger partial charge is 0.250 e. The molecule has 0 saturated carbocycles. The van der Waals surface area contributed by atoms with Crippen LogP contribution in [0, 0.1) is 11.7 Å². The molecule has 1 amide bonds. The second-order valence-electron chi connectivity index (χ2n) is 5.90. The average Bonchev–Trinajstić information content (AvgIpc) is 3.15. The van der Waals surface area contributed by atoms with Gasteiger partial charge in [-0.2, -0.15) is 0 Å². The van der Waals surface area contributed by atoms with E-state index in [2.05, 4.69) is 20.9 Å². The van der Waals surface area contributed by atoms with Gasteiger partial charge in [0.1, 0.15) is 11.6 Å². The SMILES string of the molecule is COc1ccc(NC(=O)C2CNNC2S(=O)(=O)Nc2ccccc2)c(F)c1. The zero-order valence-corrected chi connectivity index (χ0v) is 15.2. The number of para-hydroxylation sites is 1. The third-order valence-electron chi connectivity index (χ3n) is 4.07. The number of carbonyl (C=O) groups is 1. The summed E-state index contributed by atoms with van der Waals surface area (Å²) in [6, 6.07) is 12.3. The lowest BCUT2D eigenvalue weighted by Gasteiger charge is -2.19. The van der Waals surface area contributed by atoms with Gasteiger partial charge in [-0.15, -0.1) is 0 Å². The van der Waals surface area contributed by atoms with Crippen LogP contribution in [0.1, 0.15) is 0 Å². The van der Waals surface area contributed by atoms with Crippen LogP contribution in [0.5, 0.6) is 5.75 Å². The van der Waals surface area contributed by atoms with Gasteiger partial charge in [0.15, 0.2) is 5.37 Å². The number of hydrazine groups is 1. The molecule has 1 fully saturated rings. The quantitative estimate of drug-likeness (QED) is 0.588. The normalized spacial score (nSPS) is 19.5. The second kappa shape index (κ2) is 7.91. The molecular weight excluding hydrogens is 375 g/mol. The molecule has 2 atom stereocenters. The Morgan fingerprint density at radius 1 is 1.22 bits per heavy atom. The van der Waals surface area contributed by atoms with Crippen molar-refractivity contribution >= 4 is 27.3 Å². The van der Waals surface area contributed by atoms with E-state index in [1.54, 1.807) is 30.3 Å². The van der Waals surface area contributed by atoms with Gasteiger partial charge in [0, 0.05) is 18.3 Å². The number of sulfonamides is 1. The van der Waals surface area contributed by atoms with Crippen molar-refractivity contribution in [3.8, 4) is 5.75 Å². The van der Waals surface area contributed by atoms with Crippen LogP contribution in [0.25, 0.3) is 0 Å². The Balaban J connectivity index is 1.74. The summed E-state index contributed by atoms with van der Waals surface area (Å²) in [6.45, 7) is 0.0734. The number of carbonyl (C=O) groups excluding carboxylic acids is 1. The molecule has 0 aliphatic carbocycles. The van der Waals surface area contributed by atoms with E-state index < -0.39 is 33.0 Å². The number of hydrogen-bond acceptors (Lipinski definition) is 6. The summed E-state index contributed by atoms with van der Waals surface area (Å²) in [5.74, 6) is -1.96. The van der Waals surface area contributed by atoms with E-state index in [4.69, 9.17) is 4.74 Å². The van der Waals surface area contributed by atoms with E-state index in [0.717, 1.165) is 6.07 Å². The topological polar surface area (TPSA) is 109 Å². The minimum atomic E-state index is -3.92. The molecule has 2 aromatic carbocycles. The van der Waals surface area contributed by atoms with Gasteiger partial charge in [0.05, 0.1) is 18.7 Å². The molecule has 0 radical (unpaired) electrons. The Labute approximate surface area is 156 Å². The van der Waals surface area contributed by atoms with Gasteiger partial charge in [-0.25, -0.2) is 18.2 Å². The van der Waals surface area contributed by atoms with E-state index in [9.17, 15) is 17.6 Å². The highest BCUT2D eigenvalue weighted by Gasteiger charge is 2.42. The minimum Gasteiger partial charge on any atom is -0.497 e. The van der Waals surface area contributed by atoms with E-state index in [-0.39, 0.29) is 12.2 Å². The fourth-order valence-electron chi connectivity index (χ4n) is 2.68. The highest BCUT2D eigenvalue weighted by molar-refractivity contribution is 7.93. The Hall–Kier alpha value is -2.69. The Morgan fingerprint density at radius 2 is 1.96 bits per heavy atom. The van der Waals surface area contributed by atoms with Crippen LogP contribution in [0.3, 0.4) is 0 Å². The summed E-state index contributed by atoms with van der Waals surface area (Å²) in [5, 5.41) is 1.20. The molecule has 0 aromatic heterocycles. The lowest BCUT2D eigenvalue weighted by Crippen LogP contribution is -2.45. The van der Waals surface area contributed by atoms with Crippen molar-refractivity contribution in [2.45, 2.75) is 5.37 Å². The Kier molecular flexibility index (Phi) is 5.59. The van der Waals surface area contributed by atoms with Gasteiger partial charge >= 0.3 is 0 Å². The number of rotatable bonds is 6. The van der Waals surface area contributed by atoms with Gasteiger partial charge in [-0.05, 0) is 24.3 Å². The Bertz CT molecular complexity index is 924.